The van der Waals surface area contributed by atoms with E-state index in [1.54, 1.807) is 0 Å². The number of amides is 1. The van der Waals surface area contributed by atoms with Crippen LogP contribution in [0.1, 0.15) is 24.4 Å². The lowest BCUT2D eigenvalue weighted by atomic mass is 10.0. The topological polar surface area (TPSA) is 44.4 Å². The third kappa shape index (κ3) is 3.02. The van der Waals surface area contributed by atoms with E-state index in [2.05, 4.69) is 39.8 Å². The van der Waals surface area contributed by atoms with Crippen LogP contribution in [0.25, 0.3) is 0 Å². The summed E-state index contributed by atoms with van der Waals surface area (Å²) in [6.07, 6.45) is 2.54. The molecule has 4 nitrogen and oxygen atoms in total. The number of benzene rings is 1. The molecule has 1 aromatic carbocycles. The summed E-state index contributed by atoms with van der Waals surface area (Å²) in [5.74, 6) is 0.369. The molecule has 20 heavy (non-hydrogen) atoms. The van der Waals surface area contributed by atoms with Crippen molar-refractivity contribution in [2.24, 2.45) is 5.92 Å². The maximum Gasteiger partial charge on any atom is 0.225 e. The van der Waals surface area contributed by atoms with Gasteiger partial charge < -0.3 is 10.6 Å². The second-order valence-corrected chi connectivity index (χ2v) is 5.77. The van der Waals surface area contributed by atoms with Crippen molar-refractivity contribution in [2.75, 3.05) is 32.7 Å². The molecular formula is C16H23N3O. The summed E-state index contributed by atoms with van der Waals surface area (Å²) in [5, 5.41) is 6.28. The minimum atomic E-state index is 0.171. The number of hydrogen-bond donors (Lipinski definition) is 2. The summed E-state index contributed by atoms with van der Waals surface area (Å²) >= 11 is 0. The average molecular weight is 273 g/mol. The van der Waals surface area contributed by atoms with Gasteiger partial charge in [0, 0.05) is 19.6 Å². The van der Waals surface area contributed by atoms with Crippen LogP contribution in [0.4, 0.5) is 0 Å². The monoisotopic (exact) mass is 273 g/mol. The first kappa shape index (κ1) is 13.6. The highest BCUT2D eigenvalue weighted by Gasteiger charge is 2.27. The van der Waals surface area contributed by atoms with Gasteiger partial charge in [-0.25, -0.2) is 0 Å². The van der Waals surface area contributed by atoms with Crippen molar-refractivity contribution in [2.45, 2.75) is 18.9 Å². The van der Waals surface area contributed by atoms with Crippen LogP contribution < -0.4 is 10.6 Å². The summed E-state index contributed by atoms with van der Waals surface area (Å²) < 4.78 is 0. The third-order valence-electron chi connectivity index (χ3n) is 4.39. The van der Waals surface area contributed by atoms with Gasteiger partial charge in [0.25, 0.3) is 0 Å². The molecule has 2 aliphatic heterocycles. The van der Waals surface area contributed by atoms with Crippen LogP contribution in [0.2, 0.25) is 0 Å². The number of carbonyl (C=O) groups excluding carboxylic acids is 1. The number of hydrogen-bond acceptors (Lipinski definition) is 3. The molecule has 1 atom stereocenters. The van der Waals surface area contributed by atoms with E-state index in [0.29, 0.717) is 6.04 Å². The molecular weight excluding hydrogens is 250 g/mol. The highest BCUT2D eigenvalue weighted by atomic mass is 16.2. The SMILES string of the molecule is O=C(NCC(c1ccccc1)N1CCCC1)C1CNC1. The number of nitrogens with zero attached hydrogens (tertiary/aromatic N) is 1. The van der Waals surface area contributed by atoms with Crippen molar-refractivity contribution in [1.82, 2.24) is 15.5 Å². The summed E-state index contributed by atoms with van der Waals surface area (Å²) in [4.78, 5) is 14.5. The minimum Gasteiger partial charge on any atom is -0.354 e. The van der Waals surface area contributed by atoms with Crippen molar-refractivity contribution in [3.05, 3.63) is 35.9 Å². The van der Waals surface area contributed by atoms with Crippen LogP contribution in [-0.4, -0.2) is 43.5 Å². The highest BCUT2D eigenvalue weighted by Crippen LogP contribution is 2.24. The molecule has 0 spiro atoms. The lowest BCUT2D eigenvalue weighted by Crippen LogP contribution is -2.51. The number of carbonyl (C=O) groups is 1. The predicted octanol–water partition coefficient (Wildman–Crippen LogP) is 1.16. The maximum absolute atomic E-state index is 12.0. The molecule has 0 radical (unpaired) electrons. The molecule has 0 bridgehead atoms. The first-order valence-corrected chi connectivity index (χ1v) is 7.62. The molecule has 4 heteroatoms. The van der Waals surface area contributed by atoms with Gasteiger partial charge in [-0.2, -0.15) is 0 Å². The summed E-state index contributed by atoms with van der Waals surface area (Å²) in [7, 11) is 0. The zero-order valence-corrected chi connectivity index (χ0v) is 11.8. The maximum atomic E-state index is 12.0. The second kappa shape index (κ2) is 6.37. The molecule has 1 amide bonds. The Hall–Kier alpha value is -1.39. The Labute approximate surface area is 120 Å². The fourth-order valence-electron chi connectivity index (χ4n) is 3.00. The minimum absolute atomic E-state index is 0.171. The van der Waals surface area contributed by atoms with Crippen molar-refractivity contribution in [3.8, 4) is 0 Å². The van der Waals surface area contributed by atoms with Gasteiger partial charge in [0.15, 0.2) is 0 Å². The van der Waals surface area contributed by atoms with Crippen LogP contribution in [0, 0.1) is 5.92 Å². The first-order valence-electron chi connectivity index (χ1n) is 7.62. The van der Waals surface area contributed by atoms with Crippen LogP contribution in [-0.2, 0) is 4.79 Å². The molecule has 3 rings (SSSR count). The van der Waals surface area contributed by atoms with Gasteiger partial charge in [0.2, 0.25) is 5.91 Å². The Morgan fingerprint density at radius 3 is 2.55 bits per heavy atom. The van der Waals surface area contributed by atoms with E-state index in [1.165, 1.54) is 18.4 Å². The van der Waals surface area contributed by atoms with E-state index in [-0.39, 0.29) is 11.8 Å². The summed E-state index contributed by atoms with van der Waals surface area (Å²) in [6, 6.07) is 10.9. The predicted molar refractivity (Wildman–Crippen MR) is 79.4 cm³/mol. The van der Waals surface area contributed by atoms with Gasteiger partial charge in [-0.15, -0.1) is 0 Å². The standard InChI is InChI=1S/C16H23N3O/c20-16(14-10-17-11-14)18-12-15(19-8-4-5-9-19)13-6-2-1-3-7-13/h1-3,6-7,14-15,17H,4-5,8-12H2,(H,18,20). The molecule has 2 N–H and O–H groups in total. The van der Waals surface area contributed by atoms with Gasteiger partial charge in [-0.05, 0) is 31.5 Å². The van der Waals surface area contributed by atoms with E-state index in [1.807, 2.05) is 6.07 Å². The van der Waals surface area contributed by atoms with E-state index in [9.17, 15) is 4.79 Å². The van der Waals surface area contributed by atoms with Gasteiger partial charge in [-0.1, -0.05) is 30.3 Å². The summed E-state index contributed by atoms with van der Waals surface area (Å²) in [6.45, 7) is 4.65. The van der Waals surface area contributed by atoms with Gasteiger partial charge in [0.1, 0.15) is 0 Å². The fourth-order valence-corrected chi connectivity index (χ4v) is 3.00. The Morgan fingerprint density at radius 2 is 1.95 bits per heavy atom. The van der Waals surface area contributed by atoms with Crippen molar-refractivity contribution in [1.29, 1.82) is 0 Å². The van der Waals surface area contributed by atoms with Crippen LogP contribution in [0.3, 0.4) is 0 Å². The lowest BCUT2D eigenvalue weighted by Gasteiger charge is -2.30. The van der Waals surface area contributed by atoms with E-state index in [0.717, 1.165) is 32.7 Å². The van der Waals surface area contributed by atoms with Gasteiger partial charge in [0.05, 0.1) is 12.0 Å². The average Bonchev–Trinajstić information content (AvgIpc) is 2.92. The van der Waals surface area contributed by atoms with E-state index >= 15 is 0 Å². The number of likely N-dealkylation sites (tertiary alicyclic amines) is 1. The zero-order valence-electron chi connectivity index (χ0n) is 11.8. The Bertz CT molecular complexity index is 438. The lowest BCUT2D eigenvalue weighted by molar-refractivity contribution is -0.126. The molecule has 0 aromatic heterocycles. The Balaban J connectivity index is 1.64. The molecule has 2 saturated heterocycles. The molecule has 2 heterocycles. The van der Waals surface area contributed by atoms with Crippen molar-refractivity contribution < 1.29 is 4.79 Å². The highest BCUT2D eigenvalue weighted by molar-refractivity contribution is 5.80. The van der Waals surface area contributed by atoms with Gasteiger partial charge in [-0.3, -0.25) is 9.69 Å². The Kier molecular flexibility index (Phi) is 4.33. The largest absolute Gasteiger partial charge is 0.354 e. The van der Waals surface area contributed by atoms with Gasteiger partial charge >= 0.3 is 0 Å². The quantitative estimate of drug-likeness (QED) is 0.846. The van der Waals surface area contributed by atoms with Crippen molar-refractivity contribution >= 4 is 5.91 Å². The smallest absolute Gasteiger partial charge is 0.225 e. The molecule has 0 aliphatic carbocycles. The van der Waals surface area contributed by atoms with E-state index < -0.39 is 0 Å². The molecule has 0 saturated carbocycles. The fraction of sp³-hybridized carbons (Fsp3) is 0.562. The third-order valence-corrected chi connectivity index (χ3v) is 4.39. The molecule has 1 unspecified atom stereocenters. The Morgan fingerprint density at radius 1 is 1.25 bits per heavy atom. The molecule has 2 fully saturated rings. The second-order valence-electron chi connectivity index (χ2n) is 5.77. The number of rotatable bonds is 5. The first-order chi connectivity index (χ1) is 9.84. The molecule has 2 aliphatic rings. The zero-order chi connectivity index (χ0) is 13.8. The molecule has 1 aromatic rings. The van der Waals surface area contributed by atoms with Crippen molar-refractivity contribution in [3.63, 3.8) is 0 Å². The normalized spacial score (nSPS) is 21.4. The van der Waals surface area contributed by atoms with Crippen LogP contribution in [0.5, 0.6) is 0 Å². The van der Waals surface area contributed by atoms with Crippen LogP contribution >= 0.6 is 0 Å². The summed E-state index contributed by atoms with van der Waals surface area (Å²) in [5.41, 5.74) is 1.31. The van der Waals surface area contributed by atoms with E-state index in [4.69, 9.17) is 0 Å². The molecule has 108 valence electrons. The van der Waals surface area contributed by atoms with Crippen LogP contribution in [0.15, 0.2) is 30.3 Å². The number of nitrogens with one attached hydrogen (secondary N) is 2.